The number of aliphatic hydroxyl groups excluding tert-OH is 2. The Morgan fingerprint density at radius 1 is 0.582 bits per heavy atom. The highest BCUT2D eigenvalue weighted by Crippen LogP contribution is 2.42. The van der Waals surface area contributed by atoms with Crippen molar-refractivity contribution in [3.63, 3.8) is 0 Å². The number of rotatable bonds is 45. The number of carboxylic acids is 1. The molecule has 0 saturated carbocycles. The number of aliphatic hydroxyl groups is 2. The topological polar surface area (TPSA) is 235 Å². The molecule has 1 amide bonds. The number of hydrogen-bond donors (Lipinski definition) is 6. The third-order valence-electron chi connectivity index (χ3n) is 12.8. The quantitative estimate of drug-likeness (QED) is 0.0189. The van der Waals surface area contributed by atoms with Crippen molar-refractivity contribution in [2.45, 2.75) is 295 Å². The van der Waals surface area contributed by atoms with Gasteiger partial charge in [0.25, 0.3) is 0 Å². The monoisotopic (exact) mass is 978 g/mol. The molecular weight excluding hydrogens is 882 g/mol. The number of hydrogen-bond acceptors (Lipinski definition) is 11. The van der Waals surface area contributed by atoms with E-state index in [1.165, 1.54) is 96.3 Å². The number of carbonyl (C=O) groups is 4. The molecule has 15 nitrogen and oxygen atoms in total. The normalized spacial score (nSPS) is 19.5. The van der Waals surface area contributed by atoms with Crippen molar-refractivity contribution in [1.29, 1.82) is 0 Å². The number of amides is 1. The molecule has 1 fully saturated rings. The molecule has 16 heteroatoms. The lowest BCUT2D eigenvalue weighted by atomic mass is 9.89. The standard InChI is InChI=1S/C51H96NO14P/c1-4-7-10-13-16-19-20-23-26-29-32-35-47(58)63-42(34-31-28-25-22-18-15-12-9-6-3)39-48(59)65-51-49(43(36-37-46(56)57)64-44(40-53)50(51)66-67(60,61)62)52-45(55)38-41(54)33-30-27-24-21-17-14-11-8-5-2/h41-44,49-51,53-54H,4-40H2,1-3H3,(H,52,55)(H,56,57)(H2,60,61,62)/t41?,42?,43-,44-,49+,50-,51-/m1/s1. The van der Waals surface area contributed by atoms with Crippen LogP contribution in [0.25, 0.3) is 0 Å². The molecule has 0 spiro atoms. The van der Waals surface area contributed by atoms with Gasteiger partial charge in [-0.15, -0.1) is 0 Å². The molecule has 0 bridgehead atoms. The minimum Gasteiger partial charge on any atom is -0.481 e. The second-order valence-corrected chi connectivity index (χ2v) is 20.3. The molecule has 394 valence electrons. The van der Waals surface area contributed by atoms with Crippen molar-refractivity contribution in [2.75, 3.05) is 6.61 Å². The van der Waals surface area contributed by atoms with Crippen LogP contribution in [-0.4, -0.2) is 98.2 Å². The summed E-state index contributed by atoms with van der Waals surface area (Å²) in [5.41, 5.74) is 0. The largest absolute Gasteiger partial charge is 0.481 e. The highest BCUT2D eigenvalue weighted by Gasteiger charge is 2.51. The number of carboxylic acid groups (broad SMARTS) is 1. The number of ether oxygens (including phenoxy) is 3. The Labute approximate surface area is 404 Å². The van der Waals surface area contributed by atoms with Gasteiger partial charge in [-0.2, -0.15) is 0 Å². The van der Waals surface area contributed by atoms with Crippen LogP contribution < -0.4 is 5.32 Å². The average Bonchev–Trinajstić information content (AvgIpc) is 3.27. The van der Waals surface area contributed by atoms with E-state index in [1.54, 1.807) is 0 Å². The Bertz CT molecular complexity index is 1320. The lowest BCUT2D eigenvalue weighted by Gasteiger charge is -2.45. The van der Waals surface area contributed by atoms with E-state index in [2.05, 4.69) is 26.1 Å². The zero-order valence-corrected chi connectivity index (χ0v) is 43.0. The Hall–Kier alpha value is -2.13. The van der Waals surface area contributed by atoms with Crippen molar-refractivity contribution in [3.05, 3.63) is 0 Å². The number of nitrogens with one attached hydrogen (secondary N) is 1. The third-order valence-corrected chi connectivity index (χ3v) is 13.4. The van der Waals surface area contributed by atoms with Gasteiger partial charge >= 0.3 is 25.7 Å². The van der Waals surface area contributed by atoms with Crippen LogP contribution in [0, 0.1) is 0 Å². The second kappa shape index (κ2) is 40.6. The van der Waals surface area contributed by atoms with Gasteiger partial charge < -0.3 is 44.6 Å². The van der Waals surface area contributed by atoms with Crippen molar-refractivity contribution in [2.24, 2.45) is 0 Å². The van der Waals surface area contributed by atoms with Crippen molar-refractivity contribution >= 4 is 31.6 Å². The summed E-state index contributed by atoms with van der Waals surface area (Å²) in [6.45, 7) is 5.73. The summed E-state index contributed by atoms with van der Waals surface area (Å²) in [6.07, 6.45) is 23.3. The molecule has 1 aliphatic heterocycles. The lowest BCUT2D eigenvalue weighted by molar-refractivity contribution is -0.210. The average molecular weight is 978 g/mol. The van der Waals surface area contributed by atoms with Crippen LogP contribution in [0.3, 0.4) is 0 Å². The molecule has 0 aromatic carbocycles. The zero-order valence-electron chi connectivity index (χ0n) is 42.1. The van der Waals surface area contributed by atoms with Crippen LogP contribution in [-0.2, 0) is 42.5 Å². The first-order valence-electron chi connectivity index (χ1n) is 26.8. The Morgan fingerprint density at radius 2 is 1.03 bits per heavy atom. The molecule has 1 rings (SSSR count). The molecule has 6 N–H and O–H groups in total. The molecule has 0 radical (unpaired) electrons. The van der Waals surface area contributed by atoms with Gasteiger partial charge in [0.1, 0.15) is 18.3 Å². The van der Waals surface area contributed by atoms with E-state index in [9.17, 15) is 48.8 Å². The molecule has 1 aliphatic rings. The van der Waals surface area contributed by atoms with E-state index in [0.29, 0.717) is 32.1 Å². The van der Waals surface area contributed by atoms with Crippen LogP contribution in [0.5, 0.6) is 0 Å². The van der Waals surface area contributed by atoms with E-state index >= 15 is 0 Å². The summed E-state index contributed by atoms with van der Waals surface area (Å²) < 4.78 is 35.1. The summed E-state index contributed by atoms with van der Waals surface area (Å²) in [7, 11) is -5.33. The van der Waals surface area contributed by atoms with Gasteiger partial charge in [-0.3, -0.25) is 23.7 Å². The van der Waals surface area contributed by atoms with Gasteiger partial charge in [-0.1, -0.05) is 194 Å². The maximum Gasteiger partial charge on any atom is 0.470 e. The minimum atomic E-state index is -5.33. The predicted octanol–water partition coefficient (Wildman–Crippen LogP) is 11.1. The Kier molecular flexibility index (Phi) is 38.1. The van der Waals surface area contributed by atoms with Gasteiger partial charge in [0.15, 0.2) is 6.10 Å². The van der Waals surface area contributed by atoms with Crippen molar-refractivity contribution in [3.8, 4) is 0 Å². The molecule has 1 saturated heterocycles. The highest BCUT2D eigenvalue weighted by atomic mass is 31.2. The number of esters is 2. The minimum absolute atomic E-state index is 0.195. The SMILES string of the molecule is CCCCCCCCCCCCCC(=O)OC(CCCCCCCCCCC)CC(=O)O[C@@H]1[C@@H](NC(=O)CC(O)CCCCCCCCCCC)[C@@H](CCC(=O)O)O[C@H](CO)[C@H]1OP(=O)(O)O. The molecule has 2 unspecified atom stereocenters. The molecule has 0 aromatic heterocycles. The molecule has 67 heavy (non-hydrogen) atoms. The van der Waals surface area contributed by atoms with Gasteiger partial charge in [0.05, 0.1) is 37.7 Å². The maximum absolute atomic E-state index is 14.0. The number of phosphoric acid groups is 1. The van der Waals surface area contributed by atoms with E-state index in [-0.39, 0.29) is 19.3 Å². The molecule has 0 aliphatic carbocycles. The number of carbonyl (C=O) groups excluding carboxylic acids is 3. The number of phosphoric ester groups is 1. The van der Waals surface area contributed by atoms with E-state index in [0.717, 1.165) is 70.6 Å². The van der Waals surface area contributed by atoms with Crippen molar-refractivity contribution in [1.82, 2.24) is 5.32 Å². The summed E-state index contributed by atoms with van der Waals surface area (Å²) in [4.78, 5) is 72.3. The first kappa shape index (κ1) is 62.9. The summed E-state index contributed by atoms with van der Waals surface area (Å²) in [5, 5.41) is 33.4. The Balaban J connectivity index is 3.13. The number of aliphatic carboxylic acids is 1. The summed E-state index contributed by atoms with van der Waals surface area (Å²) in [6, 6.07) is -1.39. The van der Waals surface area contributed by atoms with Crippen molar-refractivity contribution < 1.29 is 67.6 Å². The molecule has 7 atom stereocenters. The fourth-order valence-electron chi connectivity index (χ4n) is 8.98. The Morgan fingerprint density at radius 3 is 1.48 bits per heavy atom. The fraction of sp³-hybridized carbons (Fsp3) is 0.922. The summed E-state index contributed by atoms with van der Waals surface area (Å²) in [5.74, 6) is -3.22. The number of unbranched alkanes of at least 4 members (excludes halogenated alkanes) is 26. The van der Waals surface area contributed by atoms with Gasteiger partial charge in [0.2, 0.25) is 5.91 Å². The molecular formula is C51H96NO14P. The lowest BCUT2D eigenvalue weighted by Crippen LogP contribution is -2.65. The first-order valence-corrected chi connectivity index (χ1v) is 28.4. The maximum atomic E-state index is 14.0. The highest BCUT2D eigenvalue weighted by molar-refractivity contribution is 7.46. The fourth-order valence-corrected chi connectivity index (χ4v) is 9.55. The first-order chi connectivity index (χ1) is 32.2. The van der Waals surface area contributed by atoms with Crippen LogP contribution >= 0.6 is 7.82 Å². The van der Waals surface area contributed by atoms with E-state index < -0.39 is 93.8 Å². The summed E-state index contributed by atoms with van der Waals surface area (Å²) >= 11 is 0. The third kappa shape index (κ3) is 33.9. The van der Waals surface area contributed by atoms with Crippen LogP contribution in [0.1, 0.15) is 252 Å². The predicted molar refractivity (Wildman–Crippen MR) is 261 cm³/mol. The zero-order chi connectivity index (χ0) is 49.5. The molecule has 0 aromatic rings. The smallest absolute Gasteiger partial charge is 0.470 e. The van der Waals surface area contributed by atoms with Crippen LogP contribution in [0.2, 0.25) is 0 Å². The van der Waals surface area contributed by atoms with E-state index in [4.69, 9.17) is 18.7 Å². The second-order valence-electron chi connectivity index (χ2n) is 19.1. The van der Waals surface area contributed by atoms with Gasteiger partial charge in [0, 0.05) is 12.8 Å². The van der Waals surface area contributed by atoms with Gasteiger partial charge in [-0.05, 0) is 32.1 Å². The van der Waals surface area contributed by atoms with Crippen LogP contribution in [0.15, 0.2) is 0 Å². The van der Waals surface area contributed by atoms with Gasteiger partial charge in [-0.25, -0.2) is 4.57 Å². The van der Waals surface area contributed by atoms with Crippen LogP contribution in [0.4, 0.5) is 0 Å². The van der Waals surface area contributed by atoms with E-state index in [1.807, 2.05) is 0 Å². The molecule has 1 heterocycles.